The number of benzene rings is 1. The Hall–Kier alpha value is -1.18. The smallest absolute Gasteiger partial charge is 0.244 e. The summed E-state index contributed by atoms with van der Waals surface area (Å²) >= 11 is 3.34. The van der Waals surface area contributed by atoms with Crippen molar-refractivity contribution in [3.05, 3.63) is 48.3 Å². The zero-order valence-corrected chi connectivity index (χ0v) is 12.7. The van der Waals surface area contributed by atoms with Crippen molar-refractivity contribution >= 4 is 26.0 Å². The average Bonchev–Trinajstić information content (AvgIpc) is 2.85. The van der Waals surface area contributed by atoms with Gasteiger partial charge < -0.3 is 0 Å². The Bertz CT molecular complexity index is 640. The number of alkyl halides is 1. The molecule has 0 aliphatic rings. The molecule has 0 aliphatic heterocycles. The van der Waals surface area contributed by atoms with Crippen LogP contribution in [0.4, 0.5) is 0 Å². The second-order valence-corrected chi connectivity index (χ2v) is 6.45. The van der Waals surface area contributed by atoms with E-state index in [0.29, 0.717) is 5.33 Å². The van der Waals surface area contributed by atoms with Crippen LogP contribution < -0.4 is 4.72 Å². The summed E-state index contributed by atoms with van der Waals surface area (Å²) in [5.74, 6) is 0. The zero-order valence-electron chi connectivity index (χ0n) is 10.3. The van der Waals surface area contributed by atoms with Gasteiger partial charge in [-0.2, -0.15) is 5.10 Å². The number of hydrogen-bond donors (Lipinski definition) is 1. The third-order valence-electron chi connectivity index (χ3n) is 2.65. The van der Waals surface area contributed by atoms with E-state index in [-0.39, 0.29) is 10.9 Å². The van der Waals surface area contributed by atoms with E-state index in [1.807, 2.05) is 30.3 Å². The van der Waals surface area contributed by atoms with Gasteiger partial charge in [-0.1, -0.05) is 46.3 Å². The van der Waals surface area contributed by atoms with Gasteiger partial charge in [0.05, 0.1) is 12.2 Å². The minimum atomic E-state index is -3.56. The van der Waals surface area contributed by atoms with Gasteiger partial charge in [-0.25, -0.2) is 13.1 Å². The van der Waals surface area contributed by atoms with Crippen LogP contribution in [-0.4, -0.2) is 23.5 Å². The van der Waals surface area contributed by atoms with Crippen LogP contribution in [0.2, 0.25) is 0 Å². The molecule has 0 saturated heterocycles. The van der Waals surface area contributed by atoms with Gasteiger partial charge >= 0.3 is 0 Å². The molecule has 19 heavy (non-hydrogen) atoms. The predicted molar refractivity (Wildman–Crippen MR) is 76.5 cm³/mol. The van der Waals surface area contributed by atoms with Gasteiger partial charge in [0.1, 0.15) is 4.90 Å². The van der Waals surface area contributed by atoms with E-state index in [1.54, 1.807) is 7.05 Å². The molecule has 1 heterocycles. The molecule has 0 radical (unpaired) electrons. The summed E-state index contributed by atoms with van der Waals surface area (Å²) in [6.07, 6.45) is 2.80. The zero-order chi connectivity index (χ0) is 13.9. The number of halogens is 1. The molecule has 0 amide bonds. The highest BCUT2D eigenvalue weighted by molar-refractivity contribution is 9.09. The molecule has 1 unspecified atom stereocenters. The van der Waals surface area contributed by atoms with Crippen LogP contribution in [0.1, 0.15) is 11.6 Å². The molecule has 2 aromatic rings. The number of rotatable bonds is 5. The molecule has 5 nitrogen and oxygen atoms in total. The van der Waals surface area contributed by atoms with Gasteiger partial charge in [-0.15, -0.1) is 0 Å². The van der Waals surface area contributed by atoms with Crippen molar-refractivity contribution in [2.24, 2.45) is 7.05 Å². The monoisotopic (exact) mass is 343 g/mol. The van der Waals surface area contributed by atoms with Crippen molar-refractivity contribution in [1.82, 2.24) is 14.5 Å². The third kappa shape index (κ3) is 3.43. The van der Waals surface area contributed by atoms with Crippen LogP contribution in [0.5, 0.6) is 0 Å². The van der Waals surface area contributed by atoms with Crippen LogP contribution in [0.15, 0.2) is 47.6 Å². The number of aromatic nitrogens is 2. The summed E-state index contributed by atoms with van der Waals surface area (Å²) in [4.78, 5) is 0.164. The number of aryl methyl sites for hydroxylation is 1. The molecule has 1 aromatic heterocycles. The Labute approximate surface area is 120 Å². The summed E-state index contributed by atoms with van der Waals surface area (Å²) in [5.41, 5.74) is 0.909. The standard InChI is InChI=1S/C12H14BrN3O2S/c1-16-9-11(8-14-16)19(17,18)15-12(7-13)10-5-3-2-4-6-10/h2-6,8-9,12,15H,7H2,1H3. The van der Waals surface area contributed by atoms with E-state index in [2.05, 4.69) is 25.8 Å². The average molecular weight is 344 g/mol. The number of sulfonamides is 1. The van der Waals surface area contributed by atoms with Gasteiger partial charge in [0.2, 0.25) is 10.0 Å². The Balaban J connectivity index is 2.23. The highest BCUT2D eigenvalue weighted by Gasteiger charge is 2.21. The van der Waals surface area contributed by atoms with Crippen molar-refractivity contribution in [2.45, 2.75) is 10.9 Å². The first kappa shape index (κ1) is 14.2. The molecular weight excluding hydrogens is 330 g/mol. The molecule has 1 N–H and O–H groups in total. The maximum atomic E-state index is 12.2. The molecule has 0 bridgehead atoms. The van der Waals surface area contributed by atoms with Crippen LogP contribution in [0, 0.1) is 0 Å². The molecular formula is C12H14BrN3O2S. The minimum absolute atomic E-state index is 0.164. The molecule has 0 fully saturated rings. The highest BCUT2D eigenvalue weighted by Crippen LogP contribution is 2.18. The van der Waals surface area contributed by atoms with E-state index in [4.69, 9.17) is 0 Å². The highest BCUT2D eigenvalue weighted by atomic mass is 79.9. The first-order chi connectivity index (χ1) is 9.03. The molecule has 0 spiro atoms. The summed E-state index contributed by atoms with van der Waals surface area (Å²) in [7, 11) is -1.88. The van der Waals surface area contributed by atoms with E-state index in [9.17, 15) is 8.42 Å². The first-order valence-electron chi connectivity index (χ1n) is 5.65. The molecule has 7 heteroatoms. The second kappa shape index (κ2) is 5.85. The lowest BCUT2D eigenvalue weighted by atomic mass is 10.1. The fourth-order valence-corrected chi connectivity index (χ4v) is 3.62. The molecule has 1 atom stereocenters. The van der Waals surface area contributed by atoms with E-state index in [1.165, 1.54) is 17.1 Å². The SMILES string of the molecule is Cn1cc(S(=O)(=O)NC(CBr)c2ccccc2)cn1. The summed E-state index contributed by atoms with van der Waals surface area (Å²) in [6, 6.07) is 9.11. The number of nitrogens with one attached hydrogen (secondary N) is 1. The topological polar surface area (TPSA) is 64.0 Å². The fourth-order valence-electron chi connectivity index (χ4n) is 1.67. The van der Waals surface area contributed by atoms with E-state index in [0.717, 1.165) is 5.56 Å². The quantitative estimate of drug-likeness (QED) is 0.842. The molecule has 0 saturated carbocycles. The van der Waals surface area contributed by atoms with Crippen molar-refractivity contribution in [3.63, 3.8) is 0 Å². The number of hydrogen-bond acceptors (Lipinski definition) is 3. The van der Waals surface area contributed by atoms with Gasteiger partial charge in [-0.3, -0.25) is 4.68 Å². The lowest BCUT2D eigenvalue weighted by molar-refractivity contribution is 0.568. The fraction of sp³-hybridized carbons (Fsp3) is 0.250. The first-order valence-corrected chi connectivity index (χ1v) is 8.25. The normalized spacial score (nSPS) is 13.4. The van der Waals surface area contributed by atoms with Gasteiger partial charge in [0.15, 0.2) is 0 Å². The largest absolute Gasteiger partial charge is 0.274 e. The maximum Gasteiger partial charge on any atom is 0.244 e. The Morgan fingerprint density at radius 3 is 2.58 bits per heavy atom. The Morgan fingerprint density at radius 2 is 2.05 bits per heavy atom. The number of nitrogens with zero attached hydrogens (tertiary/aromatic N) is 2. The van der Waals surface area contributed by atoms with Crippen molar-refractivity contribution in [1.29, 1.82) is 0 Å². The van der Waals surface area contributed by atoms with E-state index < -0.39 is 10.0 Å². The maximum absolute atomic E-state index is 12.2. The lowest BCUT2D eigenvalue weighted by Crippen LogP contribution is -2.29. The van der Waals surface area contributed by atoms with Crippen molar-refractivity contribution < 1.29 is 8.42 Å². The molecule has 102 valence electrons. The van der Waals surface area contributed by atoms with Crippen LogP contribution in [-0.2, 0) is 17.1 Å². The summed E-state index contributed by atoms with van der Waals surface area (Å²) in [5, 5.41) is 4.37. The van der Waals surface area contributed by atoms with Crippen molar-refractivity contribution in [2.75, 3.05) is 5.33 Å². The van der Waals surface area contributed by atoms with Crippen molar-refractivity contribution in [3.8, 4) is 0 Å². The van der Waals surface area contributed by atoms with Crippen LogP contribution >= 0.6 is 15.9 Å². The van der Waals surface area contributed by atoms with E-state index >= 15 is 0 Å². The van der Waals surface area contributed by atoms with Crippen LogP contribution in [0.3, 0.4) is 0 Å². The third-order valence-corrected chi connectivity index (χ3v) is 4.72. The lowest BCUT2D eigenvalue weighted by Gasteiger charge is -2.16. The van der Waals surface area contributed by atoms with Gasteiger partial charge in [-0.05, 0) is 5.56 Å². The molecule has 2 rings (SSSR count). The Morgan fingerprint density at radius 1 is 1.37 bits per heavy atom. The van der Waals surface area contributed by atoms with Gasteiger partial charge in [0.25, 0.3) is 0 Å². The summed E-state index contributed by atoms with van der Waals surface area (Å²) in [6.45, 7) is 0. The predicted octanol–water partition coefficient (Wildman–Crippen LogP) is 1.83. The van der Waals surface area contributed by atoms with Gasteiger partial charge in [0, 0.05) is 18.6 Å². The Kier molecular flexibility index (Phi) is 4.38. The summed E-state index contributed by atoms with van der Waals surface area (Å²) < 4.78 is 28.5. The second-order valence-electron chi connectivity index (χ2n) is 4.09. The van der Waals surface area contributed by atoms with Crippen LogP contribution in [0.25, 0.3) is 0 Å². The molecule has 1 aromatic carbocycles. The minimum Gasteiger partial charge on any atom is -0.274 e. The molecule has 0 aliphatic carbocycles.